The van der Waals surface area contributed by atoms with Gasteiger partial charge in [-0.25, -0.2) is 0 Å². The zero-order valence-corrected chi connectivity index (χ0v) is 9.74. The Morgan fingerprint density at radius 3 is 2.61 bits per heavy atom. The first-order chi connectivity index (χ1) is 8.41. The number of benzene rings is 1. The van der Waals surface area contributed by atoms with Gasteiger partial charge in [0.05, 0.1) is 11.7 Å². The SMILES string of the molecule is NCc1cc(N2CCC(O)C2)ccc1C(F)(F)F. The third-order valence-corrected chi connectivity index (χ3v) is 3.14. The van der Waals surface area contributed by atoms with Crippen molar-refractivity contribution in [1.29, 1.82) is 0 Å². The maximum Gasteiger partial charge on any atom is 0.416 e. The minimum absolute atomic E-state index is 0.0846. The van der Waals surface area contributed by atoms with Gasteiger partial charge in [0.1, 0.15) is 0 Å². The summed E-state index contributed by atoms with van der Waals surface area (Å²) < 4.78 is 38.1. The number of anilines is 1. The molecular formula is C12H15F3N2O. The van der Waals surface area contributed by atoms with Crippen LogP contribution in [0.3, 0.4) is 0 Å². The summed E-state index contributed by atoms with van der Waals surface area (Å²) in [6.07, 6.45) is -4.15. The fraction of sp³-hybridized carbons (Fsp3) is 0.500. The van der Waals surface area contributed by atoms with Crippen molar-refractivity contribution in [3.63, 3.8) is 0 Å². The molecule has 0 aliphatic carbocycles. The van der Waals surface area contributed by atoms with Gasteiger partial charge in [-0.1, -0.05) is 0 Å². The normalized spacial score (nSPS) is 20.5. The highest BCUT2D eigenvalue weighted by Gasteiger charge is 2.33. The molecule has 6 heteroatoms. The first kappa shape index (κ1) is 13.2. The molecule has 1 aromatic rings. The third-order valence-electron chi connectivity index (χ3n) is 3.14. The molecule has 0 amide bonds. The Morgan fingerprint density at radius 1 is 1.39 bits per heavy atom. The van der Waals surface area contributed by atoms with Gasteiger partial charge in [-0.05, 0) is 30.2 Å². The van der Waals surface area contributed by atoms with Crippen LogP contribution >= 0.6 is 0 Å². The van der Waals surface area contributed by atoms with Crippen molar-refractivity contribution in [2.75, 3.05) is 18.0 Å². The van der Waals surface area contributed by atoms with E-state index in [-0.39, 0.29) is 12.1 Å². The minimum atomic E-state index is -4.38. The molecule has 18 heavy (non-hydrogen) atoms. The van der Waals surface area contributed by atoms with Gasteiger partial charge >= 0.3 is 6.18 Å². The van der Waals surface area contributed by atoms with Crippen LogP contribution in [0.5, 0.6) is 0 Å². The number of halogens is 3. The second kappa shape index (κ2) is 4.78. The molecule has 1 aliphatic heterocycles. The minimum Gasteiger partial charge on any atom is -0.391 e. The number of hydrogen-bond acceptors (Lipinski definition) is 3. The lowest BCUT2D eigenvalue weighted by Crippen LogP contribution is -2.22. The molecule has 1 aromatic carbocycles. The summed E-state index contributed by atoms with van der Waals surface area (Å²) in [5.74, 6) is 0. The smallest absolute Gasteiger partial charge is 0.391 e. The van der Waals surface area contributed by atoms with Crippen LogP contribution in [0.4, 0.5) is 18.9 Å². The van der Waals surface area contributed by atoms with E-state index < -0.39 is 17.8 Å². The Hall–Kier alpha value is -1.27. The summed E-state index contributed by atoms with van der Waals surface area (Å²) in [6.45, 7) is 0.949. The van der Waals surface area contributed by atoms with Crippen molar-refractivity contribution in [2.45, 2.75) is 25.2 Å². The highest BCUT2D eigenvalue weighted by molar-refractivity contribution is 5.52. The van der Waals surface area contributed by atoms with Crippen LogP contribution in [0.2, 0.25) is 0 Å². The Balaban J connectivity index is 2.30. The van der Waals surface area contributed by atoms with Gasteiger partial charge in [0, 0.05) is 25.3 Å². The number of nitrogens with two attached hydrogens (primary N) is 1. The van der Waals surface area contributed by atoms with Crippen LogP contribution in [0, 0.1) is 0 Å². The summed E-state index contributed by atoms with van der Waals surface area (Å²) in [7, 11) is 0. The van der Waals surface area contributed by atoms with E-state index in [2.05, 4.69) is 0 Å². The average Bonchev–Trinajstić information content (AvgIpc) is 2.74. The van der Waals surface area contributed by atoms with Gasteiger partial charge in [-0.2, -0.15) is 13.2 Å². The zero-order valence-electron chi connectivity index (χ0n) is 9.74. The van der Waals surface area contributed by atoms with Crippen LogP contribution in [-0.2, 0) is 12.7 Å². The standard InChI is InChI=1S/C12H15F3N2O/c13-12(14,15)11-2-1-9(5-8(11)6-16)17-4-3-10(18)7-17/h1-2,5,10,18H,3-4,6-7,16H2. The number of aliphatic hydroxyl groups excluding tert-OH is 1. The maximum atomic E-state index is 12.7. The molecule has 1 aliphatic rings. The summed E-state index contributed by atoms with van der Waals surface area (Å²) in [4.78, 5) is 1.87. The van der Waals surface area contributed by atoms with Crippen LogP contribution in [0.1, 0.15) is 17.5 Å². The Labute approximate surface area is 103 Å². The molecule has 0 saturated carbocycles. The van der Waals surface area contributed by atoms with Crippen LogP contribution in [0.15, 0.2) is 18.2 Å². The van der Waals surface area contributed by atoms with E-state index in [4.69, 9.17) is 5.73 Å². The van der Waals surface area contributed by atoms with E-state index in [1.54, 1.807) is 0 Å². The van der Waals surface area contributed by atoms with Crippen molar-refractivity contribution in [1.82, 2.24) is 0 Å². The van der Waals surface area contributed by atoms with E-state index in [9.17, 15) is 18.3 Å². The number of aliphatic hydroxyl groups is 1. The molecule has 1 atom stereocenters. The Bertz CT molecular complexity index is 434. The number of alkyl halides is 3. The van der Waals surface area contributed by atoms with Crippen molar-refractivity contribution < 1.29 is 18.3 Å². The molecule has 3 nitrogen and oxygen atoms in total. The molecule has 2 rings (SSSR count). The molecule has 1 unspecified atom stereocenters. The van der Waals surface area contributed by atoms with Gasteiger partial charge in [-0.3, -0.25) is 0 Å². The average molecular weight is 260 g/mol. The van der Waals surface area contributed by atoms with Gasteiger partial charge in [0.2, 0.25) is 0 Å². The molecular weight excluding hydrogens is 245 g/mol. The molecule has 0 aromatic heterocycles. The lowest BCUT2D eigenvalue weighted by Gasteiger charge is -2.20. The van der Waals surface area contributed by atoms with E-state index in [1.807, 2.05) is 4.90 Å². The molecule has 1 saturated heterocycles. The largest absolute Gasteiger partial charge is 0.416 e. The summed E-state index contributed by atoms with van der Waals surface area (Å²) in [5, 5.41) is 9.42. The van der Waals surface area contributed by atoms with E-state index in [0.717, 1.165) is 6.07 Å². The quantitative estimate of drug-likeness (QED) is 0.851. The maximum absolute atomic E-state index is 12.7. The number of hydrogen-bond donors (Lipinski definition) is 2. The molecule has 100 valence electrons. The zero-order chi connectivity index (χ0) is 13.3. The van der Waals surface area contributed by atoms with Gasteiger partial charge in [0.15, 0.2) is 0 Å². The van der Waals surface area contributed by atoms with E-state index in [0.29, 0.717) is 25.2 Å². The fourth-order valence-electron chi connectivity index (χ4n) is 2.20. The number of β-amino-alcohol motifs (C(OH)–C–C–N with tert-alkyl or cyclic N) is 1. The van der Waals surface area contributed by atoms with E-state index in [1.165, 1.54) is 12.1 Å². The first-order valence-corrected chi connectivity index (χ1v) is 5.75. The Morgan fingerprint density at radius 2 is 2.11 bits per heavy atom. The second-order valence-corrected chi connectivity index (χ2v) is 4.43. The molecule has 1 fully saturated rings. The van der Waals surface area contributed by atoms with Crippen molar-refractivity contribution >= 4 is 5.69 Å². The summed E-state index contributed by atoms with van der Waals surface area (Å²) in [5.41, 5.74) is 5.45. The lowest BCUT2D eigenvalue weighted by atomic mass is 10.1. The lowest BCUT2D eigenvalue weighted by molar-refractivity contribution is -0.138. The molecule has 1 heterocycles. The molecule has 0 bridgehead atoms. The summed E-state index contributed by atoms with van der Waals surface area (Å²) in [6, 6.07) is 3.95. The highest BCUT2D eigenvalue weighted by Crippen LogP contribution is 2.34. The predicted molar refractivity (Wildman–Crippen MR) is 62.2 cm³/mol. The second-order valence-electron chi connectivity index (χ2n) is 4.43. The highest BCUT2D eigenvalue weighted by atomic mass is 19.4. The predicted octanol–water partition coefficient (Wildman–Crippen LogP) is 1.74. The number of rotatable bonds is 2. The van der Waals surface area contributed by atoms with E-state index >= 15 is 0 Å². The van der Waals surface area contributed by atoms with Crippen LogP contribution in [0.25, 0.3) is 0 Å². The van der Waals surface area contributed by atoms with Gasteiger partial charge < -0.3 is 15.7 Å². The van der Waals surface area contributed by atoms with Crippen molar-refractivity contribution in [2.24, 2.45) is 5.73 Å². The molecule has 0 spiro atoms. The van der Waals surface area contributed by atoms with Crippen molar-refractivity contribution in [3.8, 4) is 0 Å². The third kappa shape index (κ3) is 2.59. The molecule has 3 N–H and O–H groups in total. The fourth-order valence-corrected chi connectivity index (χ4v) is 2.20. The first-order valence-electron chi connectivity index (χ1n) is 5.75. The topological polar surface area (TPSA) is 49.5 Å². The van der Waals surface area contributed by atoms with Crippen LogP contribution in [-0.4, -0.2) is 24.3 Å². The molecule has 0 radical (unpaired) electrons. The van der Waals surface area contributed by atoms with Gasteiger partial charge in [0.25, 0.3) is 0 Å². The van der Waals surface area contributed by atoms with Crippen molar-refractivity contribution in [3.05, 3.63) is 29.3 Å². The number of nitrogens with zero attached hydrogens (tertiary/aromatic N) is 1. The van der Waals surface area contributed by atoms with Gasteiger partial charge in [-0.15, -0.1) is 0 Å². The summed E-state index contributed by atoms with van der Waals surface area (Å²) >= 11 is 0. The monoisotopic (exact) mass is 260 g/mol. The Kier molecular flexibility index (Phi) is 3.49. The van der Waals surface area contributed by atoms with Crippen LogP contribution < -0.4 is 10.6 Å².